The van der Waals surface area contributed by atoms with Crippen LogP contribution >= 0.6 is 23.2 Å². The Hall–Kier alpha value is -2.05. The number of carbonyl (C=O) groups excluding carboxylic acids is 2. The van der Waals surface area contributed by atoms with Crippen molar-refractivity contribution in [2.45, 2.75) is 19.3 Å². The molecular formula is C15H14Cl2N4O2. The Morgan fingerprint density at radius 1 is 1.30 bits per heavy atom. The van der Waals surface area contributed by atoms with E-state index in [2.05, 4.69) is 5.10 Å². The van der Waals surface area contributed by atoms with Crippen molar-refractivity contribution in [3.63, 3.8) is 0 Å². The maximum Gasteiger partial charge on any atom is 0.242 e. The topological polar surface area (TPSA) is 81.2 Å². The lowest BCUT2D eigenvalue weighted by Gasteiger charge is -2.16. The van der Waals surface area contributed by atoms with Crippen LogP contribution in [0, 0.1) is 6.92 Å². The van der Waals surface area contributed by atoms with Gasteiger partial charge in [0, 0.05) is 24.1 Å². The molecular weight excluding hydrogens is 339 g/mol. The Labute approximate surface area is 142 Å². The quantitative estimate of drug-likeness (QED) is 0.842. The summed E-state index contributed by atoms with van der Waals surface area (Å²) in [5.41, 5.74) is 7.56. The molecule has 1 aliphatic heterocycles. The molecule has 120 valence electrons. The Morgan fingerprint density at radius 3 is 2.57 bits per heavy atom. The maximum absolute atomic E-state index is 12.8. The summed E-state index contributed by atoms with van der Waals surface area (Å²) in [5.74, 6) is -0.949. The second-order valence-corrected chi connectivity index (χ2v) is 6.27. The fourth-order valence-corrected chi connectivity index (χ4v) is 3.39. The molecule has 2 aromatic rings. The molecule has 1 aliphatic rings. The van der Waals surface area contributed by atoms with Crippen molar-refractivity contribution < 1.29 is 9.59 Å². The largest absolute Gasteiger partial charge is 0.384 e. The minimum Gasteiger partial charge on any atom is -0.384 e. The van der Waals surface area contributed by atoms with Gasteiger partial charge in [0.2, 0.25) is 11.8 Å². The summed E-state index contributed by atoms with van der Waals surface area (Å²) in [6.07, 6.45) is 0.0362. The highest BCUT2D eigenvalue weighted by Gasteiger charge is 2.43. The number of aryl methyl sites for hydroxylation is 2. The SMILES string of the molecule is Cc1nn(C)c(N)c1[C@@H]1CC(=O)N(c2ccc(Cl)cc2Cl)C1=O. The third-order valence-corrected chi connectivity index (χ3v) is 4.50. The maximum atomic E-state index is 12.8. The van der Waals surface area contributed by atoms with Crippen LogP contribution in [0.15, 0.2) is 18.2 Å². The number of nitrogen functional groups attached to an aromatic ring is 1. The van der Waals surface area contributed by atoms with Gasteiger partial charge in [0.05, 0.1) is 22.3 Å². The highest BCUT2D eigenvalue weighted by atomic mass is 35.5. The number of benzene rings is 1. The van der Waals surface area contributed by atoms with E-state index in [4.69, 9.17) is 28.9 Å². The monoisotopic (exact) mass is 352 g/mol. The summed E-state index contributed by atoms with van der Waals surface area (Å²) < 4.78 is 1.50. The van der Waals surface area contributed by atoms with E-state index in [9.17, 15) is 9.59 Å². The molecule has 1 atom stereocenters. The first-order chi connectivity index (χ1) is 10.8. The molecule has 23 heavy (non-hydrogen) atoms. The third-order valence-electron chi connectivity index (χ3n) is 3.96. The molecule has 0 radical (unpaired) electrons. The first kappa shape index (κ1) is 15.8. The van der Waals surface area contributed by atoms with E-state index in [0.717, 1.165) is 4.90 Å². The normalized spacial score (nSPS) is 18.1. The molecule has 0 saturated carbocycles. The number of hydrogen-bond acceptors (Lipinski definition) is 4. The summed E-state index contributed by atoms with van der Waals surface area (Å²) >= 11 is 12.0. The molecule has 1 aromatic heterocycles. The van der Waals surface area contributed by atoms with E-state index in [1.165, 1.54) is 10.7 Å². The third kappa shape index (κ3) is 2.48. The number of anilines is 2. The minimum absolute atomic E-state index is 0.0362. The van der Waals surface area contributed by atoms with Gasteiger partial charge in [0.1, 0.15) is 5.82 Å². The lowest BCUT2D eigenvalue weighted by atomic mass is 9.97. The second-order valence-electron chi connectivity index (χ2n) is 5.43. The smallest absolute Gasteiger partial charge is 0.242 e. The van der Waals surface area contributed by atoms with Gasteiger partial charge in [-0.1, -0.05) is 23.2 Å². The van der Waals surface area contributed by atoms with Crippen molar-refractivity contribution in [1.82, 2.24) is 9.78 Å². The van der Waals surface area contributed by atoms with E-state index >= 15 is 0 Å². The van der Waals surface area contributed by atoms with Crippen LogP contribution in [-0.2, 0) is 16.6 Å². The number of hydrogen-bond donors (Lipinski definition) is 1. The predicted octanol–water partition coefficient (Wildman–Crippen LogP) is 2.66. The van der Waals surface area contributed by atoms with E-state index in [1.54, 1.807) is 26.1 Å². The molecule has 0 bridgehead atoms. The molecule has 1 saturated heterocycles. The zero-order chi connectivity index (χ0) is 16.9. The minimum atomic E-state index is -0.650. The number of amides is 2. The van der Waals surface area contributed by atoms with Gasteiger partial charge >= 0.3 is 0 Å². The van der Waals surface area contributed by atoms with Crippen LogP contribution in [0.1, 0.15) is 23.6 Å². The number of rotatable bonds is 2. The van der Waals surface area contributed by atoms with Crippen LogP contribution in [-0.4, -0.2) is 21.6 Å². The predicted molar refractivity (Wildman–Crippen MR) is 88.7 cm³/mol. The van der Waals surface area contributed by atoms with Gasteiger partial charge in [-0.3, -0.25) is 14.3 Å². The highest BCUT2D eigenvalue weighted by molar-refractivity contribution is 6.38. The number of nitrogens with two attached hydrogens (primary N) is 1. The zero-order valence-corrected chi connectivity index (χ0v) is 14.0. The number of imide groups is 1. The Bertz CT molecular complexity index is 831. The first-order valence-corrected chi connectivity index (χ1v) is 7.67. The lowest BCUT2D eigenvalue weighted by molar-refractivity contribution is -0.121. The van der Waals surface area contributed by atoms with Crippen molar-refractivity contribution in [3.8, 4) is 0 Å². The van der Waals surface area contributed by atoms with Crippen molar-refractivity contribution in [1.29, 1.82) is 0 Å². The van der Waals surface area contributed by atoms with E-state index in [0.29, 0.717) is 27.8 Å². The number of carbonyl (C=O) groups is 2. The molecule has 3 rings (SSSR count). The molecule has 6 nitrogen and oxygen atoms in total. The van der Waals surface area contributed by atoms with Gasteiger partial charge in [0.15, 0.2) is 0 Å². The van der Waals surface area contributed by atoms with Gasteiger partial charge in [-0.2, -0.15) is 5.10 Å². The molecule has 0 aliphatic carbocycles. The first-order valence-electron chi connectivity index (χ1n) is 6.92. The molecule has 2 N–H and O–H groups in total. The average molecular weight is 353 g/mol. The van der Waals surface area contributed by atoms with E-state index in [-0.39, 0.29) is 23.3 Å². The van der Waals surface area contributed by atoms with Crippen molar-refractivity contribution in [3.05, 3.63) is 39.5 Å². The van der Waals surface area contributed by atoms with Gasteiger partial charge in [-0.05, 0) is 25.1 Å². The number of halogens is 2. The zero-order valence-electron chi connectivity index (χ0n) is 12.5. The van der Waals surface area contributed by atoms with Crippen molar-refractivity contribution >= 4 is 46.5 Å². The summed E-state index contributed by atoms with van der Waals surface area (Å²) in [6.45, 7) is 1.77. The Kier molecular flexibility index (Phi) is 3.82. The molecule has 1 fully saturated rings. The van der Waals surface area contributed by atoms with Crippen molar-refractivity contribution in [2.24, 2.45) is 7.05 Å². The standard InChI is InChI=1S/C15H14Cl2N4O2/c1-7-13(14(18)20(2)19-7)9-6-12(22)21(15(9)23)11-4-3-8(16)5-10(11)17/h3-5,9H,6,18H2,1-2H3/t9-/m0/s1. The lowest BCUT2D eigenvalue weighted by Crippen LogP contribution is -2.30. The number of nitrogens with zero attached hydrogens (tertiary/aromatic N) is 3. The van der Waals surface area contributed by atoms with Gasteiger partial charge in [0.25, 0.3) is 0 Å². The molecule has 2 amide bonds. The van der Waals surface area contributed by atoms with Gasteiger partial charge < -0.3 is 5.73 Å². The molecule has 0 unspecified atom stereocenters. The molecule has 0 spiro atoms. The van der Waals surface area contributed by atoms with Crippen molar-refractivity contribution in [2.75, 3.05) is 10.6 Å². The van der Waals surface area contributed by atoms with Crippen LogP contribution in [0.4, 0.5) is 11.5 Å². The van der Waals surface area contributed by atoms with Crippen LogP contribution in [0.25, 0.3) is 0 Å². The van der Waals surface area contributed by atoms with Gasteiger partial charge in [-0.25, -0.2) is 4.90 Å². The van der Waals surface area contributed by atoms with E-state index in [1.807, 2.05) is 0 Å². The average Bonchev–Trinajstić information content (AvgIpc) is 2.88. The summed E-state index contributed by atoms with van der Waals surface area (Å²) in [7, 11) is 1.70. The van der Waals surface area contributed by atoms with Crippen LogP contribution < -0.4 is 10.6 Å². The molecule has 8 heteroatoms. The number of aromatic nitrogens is 2. The molecule has 1 aromatic carbocycles. The fraction of sp³-hybridized carbons (Fsp3) is 0.267. The second kappa shape index (κ2) is 5.54. The fourth-order valence-electron chi connectivity index (χ4n) is 2.90. The summed E-state index contributed by atoms with van der Waals surface area (Å²) in [5, 5.41) is 4.89. The van der Waals surface area contributed by atoms with Crippen LogP contribution in [0.3, 0.4) is 0 Å². The Morgan fingerprint density at radius 2 is 2.00 bits per heavy atom. The van der Waals surface area contributed by atoms with Crippen LogP contribution in [0.5, 0.6) is 0 Å². The highest BCUT2D eigenvalue weighted by Crippen LogP contribution is 2.39. The van der Waals surface area contributed by atoms with E-state index < -0.39 is 5.92 Å². The Balaban J connectivity index is 2.03. The summed E-state index contributed by atoms with van der Waals surface area (Å²) in [6, 6.07) is 4.64. The summed E-state index contributed by atoms with van der Waals surface area (Å²) in [4.78, 5) is 26.3. The van der Waals surface area contributed by atoms with Crippen LogP contribution in [0.2, 0.25) is 10.0 Å². The molecule has 2 heterocycles. The van der Waals surface area contributed by atoms with Gasteiger partial charge in [-0.15, -0.1) is 0 Å².